The molecule has 0 aliphatic carbocycles. The van der Waals surface area contributed by atoms with Crippen LogP contribution in [0, 0.1) is 6.92 Å². The van der Waals surface area contributed by atoms with E-state index in [0.29, 0.717) is 0 Å². The molecule has 1 atom stereocenters. The number of carbonyl (C=O) groups is 2. The van der Waals surface area contributed by atoms with Gasteiger partial charge in [-0.2, -0.15) is 0 Å². The maximum Gasteiger partial charge on any atom is 0.290 e. The quantitative estimate of drug-likeness (QED) is 0.755. The Morgan fingerprint density at radius 1 is 1.14 bits per heavy atom. The van der Waals surface area contributed by atoms with Crippen LogP contribution in [0.3, 0.4) is 0 Å². The summed E-state index contributed by atoms with van der Waals surface area (Å²) in [6.45, 7) is 1.70. The molecule has 0 spiro atoms. The van der Waals surface area contributed by atoms with Crippen molar-refractivity contribution in [1.82, 2.24) is 0 Å². The van der Waals surface area contributed by atoms with Crippen molar-refractivity contribution in [2.24, 2.45) is 5.73 Å². The first kappa shape index (κ1) is 16.4. The van der Waals surface area contributed by atoms with Crippen molar-refractivity contribution < 1.29 is 14.7 Å². The fourth-order valence-corrected chi connectivity index (χ4v) is 1.74. The third kappa shape index (κ3) is 5.08. The van der Waals surface area contributed by atoms with Crippen molar-refractivity contribution in [2.75, 3.05) is 5.32 Å². The molecule has 0 saturated carbocycles. The second kappa shape index (κ2) is 8.50. The summed E-state index contributed by atoms with van der Waals surface area (Å²) < 4.78 is 0. The van der Waals surface area contributed by atoms with Gasteiger partial charge >= 0.3 is 0 Å². The molecule has 0 saturated heterocycles. The van der Waals surface area contributed by atoms with E-state index < -0.39 is 6.04 Å². The van der Waals surface area contributed by atoms with Crippen LogP contribution in [0.25, 0.3) is 0 Å². The molecular formula is C16H18N2O3. The van der Waals surface area contributed by atoms with E-state index in [1.54, 1.807) is 0 Å². The summed E-state index contributed by atoms with van der Waals surface area (Å²) in [6.07, 6.45) is 0. The normalized spacial score (nSPS) is 10.8. The van der Waals surface area contributed by atoms with Gasteiger partial charge in [0.1, 0.15) is 6.04 Å². The van der Waals surface area contributed by atoms with Gasteiger partial charge < -0.3 is 16.2 Å². The van der Waals surface area contributed by atoms with Crippen LogP contribution in [-0.4, -0.2) is 17.5 Å². The van der Waals surface area contributed by atoms with Gasteiger partial charge in [0, 0.05) is 5.69 Å². The highest BCUT2D eigenvalue weighted by Gasteiger charge is 2.15. The molecule has 4 N–H and O–H groups in total. The molecule has 2 rings (SSSR count). The lowest BCUT2D eigenvalue weighted by molar-refractivity contribution is -0.123. The molecule has 5 heteroatoms. The number of benzene rings is 2. The van der Waals surface area contributed by atoms with E-state index in [1.165, 1.54) is 0 Å². The molecule has 0 aliphatic rings. The first-order valence-electron chi connectivity index (χ1n) is 6.35. The van der Waals surface area contributed by atoms with Gasteiger partial charge in [-0.05, 0) is 24.1 Å². The molecule has 21 heavy (non-hydrogen) atoms. The minimum atomic E-state index is -0.647. The highest BCUT2D eigenvalue weighted by Crippen LogP contribution is 2.16. The standard InChI is InChI=1S/C15H16N2O.CH2O2/c1-11-7-5-6-10-13(11)17-15(18)14(16)12-8-3-2-4-9-12;2-1-3/h2-10,14H,16H2,1H3,(H,17,18);1H,(H,2,3). The summed E-state index contributed by atoms with van der Waals surface area (Å²) in [7, 11) is 0. The van der Waals surface area contributed by atoms with Gasteiger partial charge in [0.15, 0.2) is 0 Å². The average Bonchev–Trinajstić information content (AvgIpc) is 2.50. The Balaban J connectivity index is 0.000000677. The lowest BCUT2D eigenvalue weighted by Crippen LogP contribution is -2.27. The largest absolute Gasteiger partial charge is 0.483 e. The smallest absolute Gasteiger partial charge is 0.290 e. The van der Waals surface area contributed by atoms with Crippen LogP contribution < -0.4 is 11.1 Å². The summed E-state index contributed by atoms with van der Waals surface area (Å²) in [5.74, 6) is -0.199. The third-order valence-corrected chi connectivity index (χ3v) is 2.84. The number of hydrogen-bond acceptors (Lipinski definition) is 3. The third-order valence-electron chi connectivity index (χ3n) is 2.84. The SMILES string of the molecule is Cc1ccccc1NC(=O)C(N)c1ccccc1.O=CO. The number of hydrogen-bond donors (Lipinski definition) is 3. The van der Waals surface area contributed by atoms with E-state index in [2.05, 4.69) is 5.32 Å². The maximum atomic E-state index is 12.0. The zero-order valence-corrected chi connectivity index (χ0v) is 11.7. The Hall–Kier alpha value is -2.66. The predicted molar refractivity (Wildman–Crippen MR) is 81.9 cm³/mol. The van der Waals surface area contributed by atoms with Crippen LogP contribution in [0.2, 0.25) is 0 Å². The highest BCUT2D eigenvalue weighted by atomic mass is 16.3. The van der Waals surface area contributed by atoms with E-state index in [0.717, 1.165) is 16.8 Å². The van der Waals surface area contributed by atoms with Crippen molar-refractivity contribution in [3.8, 4) is 0 Å². The molecule has 0 aliphatic heterocycles. The Morgan fingerprint density at radius 3 is 2.24 bits per heavy atom. The second-order valence-corrected chi connectivity index (χ2v) is 4.30. The molecule has 2 aromatic carbocycles. The number of amides is 1. The second-order valence-electron chi connectivity index (χ2n) is 4.30. The molecule has 0 radical (unpaired) electrons. The topological polar surface area (TPSA) is 92.4 Å². The number of carboxylic acid groups (broad SMARTS) is 1. The summed E-state index contributed by atoms with van der Waals surface area (Å²) >= 11 is 0. The van der Waals surface area contributed by atoms with Gasteiger partial charge in [-0.3, -0.25) is 9.59 Å². The Morgan fingerprint density at radius 2 is 1.67 bits per heavy atom. The lowest BCUT2D eigenvalue weighted by Gasteiger charge is -2.13. The van der Waals surface area contributed by atoms with Crippen LogP contribution in [0.4, 0.5) is 5.69 Å². The van der Waals surface area contributed by atoms with Gasteiger partial charge in [-0.15, -0.1) is 0 Å². The molecule has 1 unspecified atom stereocenters. The first-order chi connectivity index (χ1) is 10.1. The number of nitrogens with one attached hydrogen (secondary N) is 1. The highest BCUT2D eigenvalue weighted by molar-refractivity contribution is 5.95. The van der Waals surface area contributed by atoms with E-state index >= 15 is 0 Å². The number of nitrogens with two attached hydrogens (primary N) is 1. The summed E-state index contributed by atoms with van der Waals surface area (Å²) in [5, 5.41) is 9.73. The lowest BCUT2D eigenvalue weighted by atomic mass is 10.1. The van der Waals surface area contributed by atoms with Gasteiger partial charge in [-0.25, -0.2) is 0 Å². The van der Waals surface area contributed by atoms with Gasteiger partial charge in [0.25, 0.3) is 6.47 Å². The monoisotopic (exact) mass is 286 g/mol. The Bertz CT molecular complexity index is 585. The van der Waals surface area contributed by atoms with E-state index in [9.17, 15) is 4.79 Å². The van der Waals surface area contributed by atoms with Crippen LogP contribution in [0.15, 0.2) is 54.6 Å². The molecule has 0 aromatic heterocycles. The zero-order valence-electron chi connectivity index (χ0n) is 11.7. The molecule has 1 amide bonds. The van der Waals surface area contributed by atoms with Crippen molar-refractivity contribution in [1.29, 1.82) is 0 Å². The van der Waals surface area contributed by atoms with Crippen molar-refractivity contribution in [2.45, 2.75) is 13.0 Å². The molecule has 2 aromatic rings. The van der Waals surface area contributed by atoms with E-state index in [4.69, 9.17) is 15.6 Å². The maximum absolute atomic E-state index is 12.0. The fraction of sp³-hybridized carbons (Fsp3) is 0.125. The zero-order chi connectivity index (χ0) is 15.7. The first-order valence-corrected chi connectivity index (χ1v) is 6.35. The van der Waals surface area contributed by atoms with Crippen LogP contribution >= 0.6 is 0 Å². The van der Waals surface area contributed by atoms with Crippen LogP contribution in [0.1, 0.15) is 17.2 Å². The van der Waals surface area contributed by atoms with Gasteiger partial charge in [0.2, 0.25) is 5.91 Å². The summed E-state index contributed by atoms with van der Waals surface area (Å²) in [6, 6.07) is 16.3. The van der Waals surface area contributed by atoms with Crippen molar-refractivity contribution in [3.05, 3.63) is 65.7 Å². The van der Waals surface area contributed by atoms with E-state index in [-0.39, 0.29) is 12.4 Å². The van der Waals surface area contributed by atoms with Crippen LogP contribution in [-0.2, 0) is 9.59 Å². The van der Waals surface area contributed by atoms with Crippen LogP contribution in [0.5, 0.6) is 0 Å². The van der Waals surface area contributed by atoms with Gasteiger partial charge in [-0.1, -0.05) is 48.5 Å². The van der Waals surface area contributed by atoms with Crippen molar-refractivity contribution in [3.63, 3.8) is 0 Å². The fourth-order valence-electron chi connectivity index (χ4n) is 1.74. The number of anilines is 1. The number of carbonyl (C=O) groups excluding carboxylic acids is 1. The van der Waals surface area contributed by atoms with E-state index in [1.807, 2.05) is 61.5 Å². The van der Waals surface area contributed by atoms with Crippen molar-refractivity contribution >= 4 is 18.1 Å². The Labute approximate surface area is 123 Å². The number of para-hydroxylation sites is 1. The predicted octanol–water partition coefficient (Wildman–Crippen LogP) is 2.33. The molecule has 0 heterocycles. The minimum Gasteiger partial charge on any atom is -0.483 e. The molecular weight excluding hydrogens is 268 g/mol. The molecule has 0 fully saturated rings. The Kier molecular flexibility index (Phi) is 6.63. The molecule has 5 nitrogen and oxygen atoms in total. The molecule has 0 bridgehead atoms. The summed E-state index contributed by atoms with van der Waals surface area (Å²) in [5.41, 5.74) is 8.55. The van der Waals surface area contributed by atoms with Gasteiger partial charge in [0.05, 0.1) is 0 Å². The minimum absolute atomic E-state index is 0.199. The molecule has 110 valence electrons. The number of aryl methyl sites for hydroxylation is 1. The summed E-state index contributed by atoms with van der Waals surface area (Å²) in [4.78, 5) is 20.4. The average molecular weight is 286 g/mol. The number of rotatable bonds is 3.